The summed E-state index contributed by atoms with van der Waals surface area (Å²) in [4.78, 5) is 0. The van der Waals surface area contributed by atoms with Crippen molar-refractivity contribution in [1.82, 2.24) is 0 Å². The summed E-state index contributed by atoms with van der Waals surface area (Å²) in [5.41, 5.74) is 31.3. The normalized spacial score (nSPS) is 12.1. The second kappa shape index (κ2) is 22.3. The molecule has 0 spiro atoms. The fraction of sp³-hybridized carbons (Fsp3) is 0.0233. The molecule has 1 aliphatic rings. The van der Waals surface area contributed by atoms with Gasteiger partial charge in [0, 0.05) is 0 Å². The van der Waals surface area contributed by atoms with E-state index in [2.05, 4.69) is 353 Å². The number of hydrogen-bond donors (Lipinski definition) is 0. The summed E-state index contributed by atoms with van der Waals surface area (Å²) in [6.45, 7) is 2.32. The van der Waals surface area contributed by atoms with Gasteiger partial charge in [-0.1, -0.05) is 285 Å². The Hall–Kier alpha value is -10.9. The SMILES string of the molecule is Cc1cccc2c1-c1c(-c3ccccc3-c3ccccc3)cccc1C2(c1cc(-c2cccc(-c3ccccc3)c2)cc(-c2cccc(-c3ccccc3)c2)c1)c1cc(-c2cccc(-c3ccccc3)c2)cc(-c2cccc(-c3ccccc3)c2)c1. The summed E-state index contributed by atoms with van der Waals surface area (Å²) >= 11 is 0. The smallest absolute Gasteiger partial charge is 0.0622 e. The lowest BCUT2D eigenvalue weighted by atomic mass is 9.65. The van der Waals surface area contributed by atoms with Crippen molar-refractivity contribution in [3.63, 3.8) is 0 Å². The van der Waals surface area contributed by atoms with Crippen molar-refractivity contribution in [2.75, 3.05) is 0 Å². The molecule has 1 aliphatic carbocycles. The number of aryl methyl sites for hydroxylation is 1. The molecule has 404 valence electrons. The Labute approximate surface area is 505 Å². The van der Waals surface area contributed by atoms with Crippen molar-refractivity contribution in [1.29, 1.82) is 0 Å². The van der Waals surface area contributed by atoms with E-state index in [0.717, 1.165) is 44.5 Å². The highest BCUT2D eigenvalue weighted by Gasteiger charge is 2.48. The molecule has 0 nitrogen and oxygen atoms in total. The Morgan fingerprint density at radius 1 is 0.174 bits per heavy atom. The first-order valence-electron chi connectivity index (χ1n) is 29.9. The van der Waals surface area contributed by atoms with Crippen molar-refractivity contribution in [3.8, 4) is 122 Å². The number of hydrogen-bond acceptors (Lipinski definition) is 0. The van der Waals surface area contributed by atoms with Gasteiger partial charge in [0.2, 0.25) is 0 Å². The van der Waals surface area contributed by atoms with Gasteiger partial charge in [-0.25, -0.2) is 0 Å². The fourth-order valence-electron chi connectivity index (χ4n) is 13.6. The third kappa shape index (κ3) is 9.48. The van der Waals surface area contributed by atoms with Gasteiger partial charge in [-0.3, -0.25) is 0 Å². The zero-order chi connectivity index (χ0) is 57.4. The van der Waals surface area contributed by atoms with Crippen molar-refractivity contribution >= 4 is 0 Å². The first kappa shape index (κ1) is 51.9. The Morgan fingerprint density at radius 3 is 0.802 bits per heavy atom. The van der Waals surface area contributed by atoms with E-state index in [1.807, 2.05) is 0 Å². The van der Waals surface area contributed by atoms with E-state index in [1.165, 1.54) is 106 Å². The molecule has 14 aromatic rings. The van der Waals surface area contributed by atoms with Gasteiger partial charge in [-0.15, -0.1) is 0 Å². The third-order valence-electron chi connectivity index (χ3n) is 17.6. The molecule has 0 heteroatoms. The Kier molecular flexibility index (Phi) is 13.5. The zero-order valence-corrected chi connectivity index (χ0v) is 47.9. The minimum atomic E-state index is -0.869. The summed E-state index contributed by atoms with van der Waals surface area (Å²) < 4.78 is 0. The summed E-state index contributed by atoms with van der Waals surface area (Å²) in [6.07, 6.45) is 0. The molecule has 0 bridgehead atoms. The monoisotopic (exact) mass is 1090 g/mol. The second-order valence-electron chi connectivity index (χ2n) is 22.8. The van der Waals surface area contributed by atoms with Gasteiger partial charge in [0.25, 0.3) is 0 Å². The highest BCUT2D eigenvalue weighted by molar-refractivity contribution is 6.01. The standard InChI is InChI=1S/C86H60/c1-59-25-19-47-82-84(59)85-81(80-45-18-17-44-79(80)64-34-15-6-16-35-64)46-24-48-83(85)86(82,77-55-73(69-40-20-36-65(49-69)60-26-7-2-8-27-60)53-74(56-77)70-41-21-37-66(50-70)61-28-9-3-10-29-61)78-57-75(71-42-22-38-67(51-71)62-30-11-4-12-31-62)54-76(58-78)72-43-23-39-68(52-72)63-32-13-5-14-33-63/h2-58H,1H3. The maximum Gasteiger partial charge on any atom is 0.0714 e. The van der Waals surface area contributed by atoms with Gasteiger partial charge >= 0.3 is 0 Å². The van der Waals surface area contributed by atoms with E-state index in [4.69, 9.17) is 0 Å². The van der Waals surface area contributed by atoms with E-state index in [-0.39, 0.29) is 0 Å². The molecule has 0 aromatic heterocycles. The molecule has 0 amide bonds. The first-order chi connectivity index (χ1) is 42.5. The van der Waals surface area contributed by atoms with E-state index >= 15 is 0 Å². The van der Waals surface area contributed by atoms with Gasteiger partial charge in [0.15, 0.2) is 0 Å². The number of fused-ring (bicyclic) bond motifs is 3. The van der Waals surface area contributed by atoms with E-state index in [1.54, 1.807) is 0 Å². The summed E-state index contributed by atoms with van der Waals surface area (Å²) in [5.74, 6) is 0. The largest absolute Gasteiger partial charge is 0.0714 e. The predicted molar refractivity (Wildman–Crippen MR) is 363 cm³/mol. The van der Waals surface area contributed by atoms with Crippen molar-refractivity contribution in [2.24, 2.45) is 0 Å². The summed E-state index contributed by atoms with van der Waals surface area (Å²) in [5, 5.41) is 0. The lowest BCUT2D eigenvalue weighted by Gasteiger charge is -2.36. The van der Waals surface area contributed by atoms with Gasteiger partial charge in [-0.05, 0) is 218 Å². The topological polar surface area (TPSA) is 0 Å². The Balaban J connectivity index is 1.08. The van der Waals surface area contributed by atoms with Crippen molar-refractivity contribution in [2.45, 2.75) is 12.3 Å². The van der Waals surface area contributed by atoms with Crippen molar-refractivity contribution in [3.05, 3.63) is 374 Å². The van der Waals surface area contributed by atoms with Crippen LogP contribution in [0.15, 0.2) is 346 Å². The highest BCUT2D eigenvalue weighted by Crippen LogP contribution is 2.61. The number of benzene rings is 14. The molecule has 0 unspecified atom stereocenters. The van der Waals surface area contributed by atoms with Crippen LogP contribution in [0, 0.1) is 6.92 Å². The van der Waals surface area contributed by atoms with E-state index in [0.29, 0.717) is 0 Å². The Bertz CT molecular complexity index is 4370. The highest BCUT2D eigenvalue weighted by atomic mass is 14.5. The maximum absolute atomic E-state index is 2.53. The first-order valence-corrected chi connectivity index (χ1v) is 29.9. The summed E-state index contributed by atoms with van der Waals surface area (Å²) in [6, 6.07) is 129. The van der Waals surface area contributed by atoms with Crippen LogP contribution in [0.25, 0.3) is 122 Å². The van der Waals surface area contributed by atoms with Crippen LogP contribution in [0.4, 0.5) is 0 Å². The van der Waals surface area contributed by atoms with Gasteiger partial charge in [0.05, 0.1) is 5.41 Å². The van der Waals surface area contributed by atoms with Crippen LogP contribution in [0.5, 0.6) is 0 Å². The third-order valence-corrected chi connectivity index (χ3v) is 17.6. The second-order valence-corrected chi connectivity index (χ2v) is 22.8. The maximum atomic E-state index is 2.53. The molecule has 0 atom stereocenters. The molecule has 0 heterocycles. The molecule has 0 radical (unpaired) electrons. The van der Waals surface area contributed by atoms with Gasteiger partial charge in [0.1, 0.15) is 0 Å². The Morgan fingerprint density at radius 2 is 0.430 bits per heavy atom. The lowest BCUT2D eigenvalue weighted by Crippen LogP contribution is -2.29. The molecule has 14 aromatic carbocycles. The fourth-order valence-corrected chi connectivity index (χ4v) is 13.6. The van der Waals surface area contributed by atoms with Crippen LogP contribution in [0.1, 0.15) is 27.8 Å². The van der Waals surface area contributed by atoms with Crippen LogP contribution in [0.2, 0.25) is 0 Å². The molecule has 0 aliphatic heterocycles. The molecular formula is C86H60. The molecule has 0 saturated heterocycles. The van der Waals surface area contributed by atoms with Gasteiger partial charge in [-0.2, -0.15) is 0 Å². The van der Waals surface area contributed by atoms with Crippen LogP contribution < -0.4 is 0 Å². The molecule has 0 fully saturated rings. The lowest BCUT2D eigenvalue weighted by molar-refractivity contribution is 0.769. The molecule has 0 N–H and O–H groups in total. The van der Waals surface area contributed by atoms with Crippen LogP contribution in [-0.2, 0) is 5.41 Å². The average molecular weight is 1090 g/mol. The molecular weight excluding hydrogens is 1030 g/mol. The van der Waals surface area contributed by atoms with Crippen LogP contribution >= 0.6 is 0 Å². The minimum Gasteiger partial charge on any atom is -0.0622 e. The summed E-state index contributed by atoms with van der Waals surface area (Å²) in [7, 11) is 0. The molecule has 0 saturated carbocycles. The zero-order valence-electron chi connectivity index (χ0n) is 47.9. The molecule has 86 heavy (non-hydrogen) atoms. The van der Waals surface area contributed by atoms with Crippen LogP contribution in [0.3, 0.4) is 0 Å². The number of rotatable bonds is 12. The van der Waals surface area contributed by atoms with E-state index < -0.39 is 5.41 Å². The predicted octanol–water partition coefficient (Wildman–Crippen LogP) is 23.0. The van der Waals surface area contributed by atoms with Crippen LogP contribution in [-0.4, -0.2) is 0 Å². The van der Waals surface area contributed by atoms with Crippen molar-refractivity contribution < 1.29 is 0 Å². The van der Waals surface area contributed by atoms with Gasteiger partial charge < -0.3 is 0 Å². The minimum absolute atomic E-state index is 0.869. The van der Waals surface area contributed by atoms with E-state index in [9.17, 15) is 0 Å². The average Bonchev–Trinajstić information content (AvgIpc) is 2.41. The molecule has 15 rings (SSSR count). The quantitative estimate of drug-likeness (QED) is 0.114.